The zero-order valence-electron chi connectivity index (χ0n) is 10.9. The summed E-state index contributed by atoms with van der Waals surface area (Å²) in [5, 5.41) is 10.2. The van der Waals surface area contributed by atoms with E-state index in [-0.39, 0.29) is 12.6 Å². The van der Waals surface area contributed by atoms with E-state index in [2.05, 4.69) is 0 Å². The first kappa shape index (κ1) is 15.6. The molecule has 3 nitrogen and oxygen atoms in total. The van der Waals surface area contributed by atoms with Gasteiger partial charge in [0.05, 0.1) is 11.6 Å². The van der Waals surface area contributed by atoms with Gasteiger partial charge in [0.25, 0.3) is 0 Å². The zero-order valence-corrected chi connectivity index (χ0v) is 12.4. The maximum absolute atomic E-state index is 9.17. The fourth-order valence-electron chi connectivity index (χ4n) is 1.94. The van der Waals surface area contributed by atoms with Crippen LogP contribution >= 0.6 is 23.2 Å². The molecule has 0 aliphatic rings. The molecule has 1 aromatic carbocycles. The molecule has 1 atom stereocenters. The van der Waals surface area contributed by atoms with E-state index in [1.807, 2.05) is 32.0 Å². The van der Waals surface area contributed by atoms with Gasteiger partial charge in [0.1, 0.15) is 5.75 Å². The third kappa shape index (κ3) is 3.75. The second-order valence-electron chi connectivity index (χ2n) is 4.23. The number of aliphatic hydroxyl groups excluding tert-OH is 1. The molecule has 0 spiro atoms. The molecule has 1 aromatic rings. The maximum atomic E-state index is 9.17. The number of benzene rings is 1. The number of ether oxygens (including phenoxy) is 1. The lowest BCUT2D eigenvalue weighted by Crippen LogP contribution is -2.22. The van der Waals surface area contributed by atoms with Crippen molar-refractivity contribution in [3.05, 3.63) is 27.7 Å². The van der Waals surface area contributed by atoms with E-state index in [4.69, 9.17) is 27.9 Å². The minimum atomic E-state index is 0.0211. The Bertz CT molecular complexity index is 397. The summed E-state index contributed by atoms with van der Waals surface area (Å²) in [5.74, 6) is 0.649. The maximum Gasteiger partial charge on any atom is 0.142 e. The van der Waals surface area contributed by atoms with Gasteiger partial charge in [-0.2, -0.15) is 0 Å². The summed E-state index contributed by atoms with van der Waals surface area (Å²) in [7, 11) is 3.90. The normalized spacial score (nSPS) is 12.8. The van der Waals surface area contributed by atoms with Crippen LogP contribution in [-0.2, 0) is 0 Å². The predicted octanol–water partition coefficient (Wildman–Crippen LogP) is 3.38. The third-order valence-corrected chi connectivity index (χ3v) is 3.21. The number of rotatable bonds is 6. The van der Waals surface area contributed by atoms with Crippen molar-refractivity contribution < 1.29 is 9.84 Å². The van der Waals surface area contributed by atoms with Gasteiger partial charge < -0.3 is 14.7 Å². The predicted molar refractivity (Wildman–Crippen MR) is 75.8 cm³/mol. The van der Waals surface area contributed by atoms with E-state index in [0.717, 1.165) is 5.56 Å². The van der Waals surface area contributed by atoms with Crippen LogP contribution in [0.1, 0.15) is 24.9 Å². The standard InChI is InChI=1S/C13H19Cl2NO2/c1-4-18-13-10(7-9(14)8-11(13)15)12(5-6-17)16(2)3/h7-8,12,17H,4-6H2,1-3H3. The largest absolute Gasteiger partial charge is 0.492 e. The molecule has 0 amide bonds. The van der Waals surface area contributed by atoms with Gasteiger partial charge >= 0.3 is 0 Å². The summed E-state index contributed by atoms with van der Waals surface area (Å²) in [5.41, 5.74) is 0.911. The molecule has 1 unspecified atom stereocenters. The lowest BCUT2D eigenvalue weighted by molar-refractivity contribution is 0.206. The zero-order chi connectivity index (χ0) is 13.7. The monoisotopic (exact) mass is 291 g/mol. The molecule has 0 bridgehead atoms. The lowest BCUT2D eigenvalue weighted by Gasteiger charge is -2.26. The number of aliphatic hydroxyl groups is 1. The van der Waals surface area contributed by atoms with E-state index >= 15 is 0 Å². The fraction of sp³-hybridized carbons (Fsp3) is 0.538. The van der Waals surface area contributed by atoms with Crippen LogP contribution < -0.4 is 4.74 Å². The number of hydrogen-bond acceptors (Lipinski definition) is 3. The van der Waals surface area contributed by atoms with Crippen molar-refractivity contribution in [1.82, 2.24) is 4.90 Å². The number of nitrogens with zero attached hydrogens (tertiary/aromatic N) is 1. The summed E-state index contributed by atoms with van der Waals surface area (Å²) in [6.07, 6.45) is 0.601. The molecule has 0 saturated carbocycles. The van der Waals surface area contributed by atoms with Crippen LogP contribution in [0.25, 0.3) is 0 Å². The van der Waals surface area contributed by atoms with Crippen LogP contribution in [0, 0.1) is 0 Å². The first-order chi connectivity index (χ1) is 8.51. The second kappa shape index (κ2) is 7.19. The van der Waals surface area contributed by atoms with Crippen molar-refractivity contribution in [1.29, 1.82) is 0 Å². The van der Waals surface area contributed by atoms with Gasteiger partial charge in [-0.25, -0.2) is 0 Å². The van der Waals surface area contributed by atoms with E-state index in [9.17, 15) is 5.11 Å². The molecule has 18 heavy (non-hydrogen) atoms. The number of halogens is 2. The van der Waals surface area contributed by atoms with Crippen LogP contribution in [0.4, 0.5) is 0 Å². The Morgan fingerprint density at radius 2 is 2.00 bits per heavy atom. The number of hydrogen-bond donors (Lipinski definition) is 1. The van der Waals surface area contributed by atoms with Gasteiger partial charge in [-0.3, -0.25) is 0 Å². The topological polar surface area (TPSA) is 32.7 Å². The quantitative estimate of drug-likeness (QED) is 0.872. The molecule has 0 aromatic heterocycles. The highest BCUT2D eigenvalue weighted by molar-refractivity contribution is 6.35. The summed E-state index contributed by atoms with van der Waals surface area (Å²) >= 11 is 12.2. The van der Waals surface area contributed by atoms with Crippen molar-refractivity contribution in [2.24, 2.45) is 0 Å². The minimum Gasteiger partial charge on any atom is -0.492 e. The summed E-state index contributed by atoms with van der Waals surface area (Å²) in [6.45, 7) is 2.54. The Balaban J connectivity index is 3.25. The molecule has 1 N–H and O–H groups in total. The molecule has 0 aliphatic carbocycles. The molecule has 102 valence electrons. The Kier molecular flexibility index (Phi) is 6.22. The van der Waals surface area contributed by atoms with Crippen LogP contribution in [0.2, 0.25) is 10.0 Å². The van der Waals surface area contributed by atoms with E-state index in [0.29, 0.717) is 28.8 Å². The van der Waals surface area contributed by atoms with Gasteiger partial charge in [0, 0.05) is 23.2 Å². The third-order valence-electron chi connectivity index (χ3n) is 2.71. The molecular weight excluding hydrogens is 273 g/mol. The SMILES string of the molecule is CCOc1c(Cl)cc(Cl)cc1C(CCO)N(C)C. The first-order valence-corrected chi connectivity index (χ1v) is 6.65. The molecule has 1 rings (SSSR count). The Hall–Kier alpha value is -0.480. The van der Waals surface area contributed by atoms with Gasteiger partial charge in [-0.05, 0) is 39.6 Å². The highest BCUT2D eigenvalue weighted by atomic mass is 35.5. The van der Waals surface area contributed by atoms with E-state index < -0.39 is 0 Å². The lowest BCUT2D eigenvalue weighted by atomic mass is 10.0. The minimum absolute atomic E-state index is 0.0211. The van der Waals surface area contributed by atoms with E-state index in [1.165, 1.54) is 0 Å². The fourth-order valence-corrected chi connectivity index (χ4v) is 2.50. The van der Waals surface area contributed by atoms with Gasteiger partial charge in [-0.15, -0.1) is 0 Å². The van der Waals surface area contributed by atoms with Gasteiger partial charge in [0.15, 0.2) is 0 Å². The first-order valence-electron chi connectivity index (χ1n) is 5.90. The summed E-state index contributed by atoms with van der Waals surface area (Å²) in [4.78, 5) is 2.01. The van der Waals surface area contributed by atoms with Crippen LogP contribution in [0.3, 0.4) is 0 Å². The molecule has 0 saturated heterocycles. The molecule has 5 heteroatoms. The van der Waals surface area contributed by atoms with Crippen LogP contribution in [-0.4, -0.2) is 37.3 Å². The van der Waals surface area contributed by atoms with Crippen molar-refractivity contribution >= 4 is 23.2 Å². The summed E-state index contributed by atoms with van der Waals surface area (Å²) < 4.78 is 5.60. The van der Waals surface area contributed by atoms with Gasteiger partial charge in [-0.1, -0.05) is 23.2 Å². The van der Waals surface area contributed by atoms with Crippen molar-refractivity contribution in [2.45, 2.75) is 19.4 Å². The average molecular weight is 292 g/mol. The highest BCUT2D eigenvalue weighted by Gasteiger charge is 2.21. The molecule has 0 fully saturated rings. The summed E-state index contributed by atoms with van der Waals surface area (Å²) in [6, 6.07) is 3.54. The van der Waals surface area contributed by atoms with Crippen molar-refractivity contribution in [3.63, 3.8) is 0 Å². The van der Waals surface area contributed by atoms with Gasteiger partial charge in [0.2, 0.25) is 0 Å². The molecular formula is C13H19Cl2NO2. The molecule has 0 radical (unpaired) electrons. The Labute approximate surface area is 118 Å². The average Bonchev–Trinajstić information content (AvgIpc) is 2.29. The molecule has 0 aliphatic heterocycles. The van der Waals surface area contributed by atoms with Crippen LogP contribution in [0.5, 0.6) is 5.75 Å². The van der Waals surface area contributed by atoms with E-state index in [1.54, 1.807) is 6.07 Å². The molecule has 0 heterocycles. The van der Waals surface area contributed by atoms with Crippen molar-refractivity contribution in [3.8, 4) is 5.75 Å². The Morgan fingerprint density at radius 3 is 2.50 bits per heavy atom. The van der Waals surface area contributed by atoms with Crippen LogP contribution in [0.15, 0.2) is 12.1 Å². The Morgan fingerprint density at radius 1 is 1.33 bits per heavy atom. The smallest absolute Gasteiger partial charge is 0.142 e. The second-order valence-corrected chi connectivity index (χ2v) is 5.07. The highest BCUT2D eigenvalue weighted by Crippen LogP contribution is 2.38. The van der Waals surface area contributed by atoms with Crippen molar-refractivity contribution in [2.75, 3.05) is 27.3 Å².